The van der Waals surface area contributed by atoms with Crippen LogP contribution >= 0.6 is 0 Å². The Bertz CT molecular complexity index is 594. The van der Waals surface area contributed by atoms with E-state index >= 15 is 0 Å². The van der Waals surface area contributed by atoms with Gasteiger partial charge in [0.25, 0.3) is 0 Å². The van der Waals surface area contributed by atoms with Crippen LogP contribution in [0.25, 0.3) is 11.0 Å². The van der Waals surface area contributed by atoms with Crippen molar-refractivity contribution >= 4 is 11.0 Å². The normalized spacial score (nSPS) is 22.8. The van der Waals surface area contributed by atoms with E-state index in [4.69, 9.17) is 4.98 Å². The molecule has 1 saturated carbocycles. The molecule has 3 heteroatoms. The van der Waals surface area contributed by atoms with Crippen molar-refractivity contribution in [3.8, 4) is 0 Å². The number of benzene rings is 1. The van der Waals surface area contributed by atoms with Crippen molar-refractivity contribution in [3.05, 3.63) is 36.2 Å². The van der Waals surface area contributed by atoms with Crippen molar-refractivity contribution in [3.63, 3.8) is 0 Å². The molecule has 1 fully saturated rings. The molecule has 0 aliphatic heterocycles. The quantitative estimate of drug-likeness (QED) is 0.923. The minimum atomic E-state index is 0.632. The Hall–Kier alpha value is -1.48. The molecule has 21 heavy (non-hydrogen) atoms. The minimum Gasteiger partial charge on any atom is -0.308 e. The van der Waals surface area contributed by atoms with E-state index < -0.39 is 0 Å². The molecule has 3 rings (SSSR count). The fourth-order valence-corrected chi connectivity index (χ4v) is 3.53. The van der Waals surface area contributed by atoms with Crippen molar-refractivity contribution < 1.29 is 0 Å². The third-order valence-electron chi connectivity index (χ3n) is 4.72. The second-order valence-electron chi connectivity index (χ2n) is 6.53. The van der Waals surface area contributed by atoms with E-state index in [1.165, 1.54) is 25.7 Å². The third-order valence-corrected chi connectivity index (χ3v) is 4.72. The van der Waals surface area contributed by atoms with E-state index in [2.05, 4.69) is 24.1 Å². The predicted octanol–water partition coefficient (Wildman–Crippen LogP) is 3.93. The molecule has 2 atom stereocenters. The predicted molar refractivity (Wildman–Crippen MR) is 87.0 cm³/mol. The summed E-state index contributed by atoms with van der Waals surface area (Å²) in [7, 11) is 0. The lowest BCUT2D eigenvalue weighted by Gasteiger charge is -2.35. The maximum absolute atomic E-state index is 4.70. The highest BCUT2D eigenvalue weighted by Gasteiger charge is 2.26. The number of hydrogen-bond donors (Lipinski definition) is 1. The van der Waals surface area contributed by atoms with Gasteiger partial charge in [0, 0.05) is 12.6 Å². The first-order chi connectivity index (χ1) is 10.2. The Morgan fingerprint density at radius 3 is 2.71 bits per heavy atom. The molecule has 1 N–H and O–H groups in total. The molecule has 1 heterocycles. The van der Waals surface area contributed by atoms with Gasteiger partial charge in [-0.3, -0.25) is 4.98 Å². The first kappa shape index (κ1) is 14.5. The Morgan fingerprint density at radius 1 is 1.14 bits per heavy atom. The van der Waals surface area contributed by atoms with Crippen LogP contribution in [-0.4, -0.2) is 16.0 Å². The summed E-state index contributed by atoms with van der Waals surface area (Å²) in [4.78, 5) is 9.20. The molecule has 0 bridgehead atoms. The molecular formula is C18H25N3. The number of para-hydroxylation sites is 2. The average molecular weight is 283 g/mol. The molecular weight excluding hydrogens is 258 g/mol. The van der Waals surface area contributed by atoms with Crippen LogP contribution in [0.15, 0.2) is 30.5 Å². The SMILES string of the molecule is CC(C)C1CCCCC1NCc1cnc2ccccc2n1. The number of nitrogens with one attached hydrogen (secondary N) is 1. The lowest BCUT2D eigenvalue weighted by Crippen LogP contribution is -2.40. The van der Waals surface area contributed by atoms with Crippen LogP contribution in [0.4, 0.5) is 0 Å². The summed E-state index contributed by atoms with van der Waals surface area (Å²) >= 11 is 0. The van der Waals surface area contributed by atoms with Crippen LogP contribution < -0.4 is 5.32 Å². The van der Waals surface area contributed by atoms with Crippen LogP contribution in [0.5, 0.6) is 0 Å². The van der Waals surface area contributed by atoms with Gasteiger partial charge in [0.1, 0.15) is 0 Å². The molecule has 1 aromatic carbocycles. The lowest BCUT2D eigenvalue weighted by atomic mass is 9.78. The maximum Gasteiger partial charge on any atom is 0.0890 e. The summed E-state index contributed by atoms with van der Waals surface area (Å²) in [5.74, 6) is 1.55. The molecule has 1 aliphatic rings. The summed E-state index contributed by atoms with van der Waals surface area (Å²) < 4.78 is 0. The van der Waals surface area contributed by atoms with Crippen LogP contribution in [0.2, 0.25) is 0 Å². The summed E-state index contributed by atoms with van der Waals surface area (Å²) in [6.07, 6.45) is 7.30. The van der Waals surface area contributed by atoms with E-state index in [0.29, 0.717) is 6.04 Å². The molecule has 0 amide bonds. The van der Waals surface area contributed by atoms with Gasteiger partial charge >= 0.3 is 0 Å². The standard InChI is InChI=1S/C18H25N3/c1-13(2)15-7-3-4-8-16(15)19-11-14-12-20-17-9-5-6-10-18(17)21-14/h5-6,9-10,12-13,15-16,19H,3-4,7-8,11H2,1-2H3. The van der Waals surface area contributed by atoms with Crippen molar-refractivity contribution in [1.82, 2.24) is 15.3 Å². The second-order valence-corrected chi connectivity index (χ2v) is 6.53. The number of rotatable bonds is 4. The average Bonchev–Trinajstić information content (AvgIpc) is 2.53. The second kappa shape index (κ2) is 6.52. The zero-order chi connectivity index (χ0) is 14.7. The largest absolute Gasteiger partial charge is 0.308 e. The smallest absolute Gasteiger partial charge is 0.0890 e. The van der Waals surface area contributed by atoms with Gasteiger partial charge in [-0.05, 0) is 36.8 Å². The summed E-state index contributed by atoms with van der Waals surface area (Å²) in [5.41, 5.74) is 3.00. The molecule has 1 aliphatic carbocycles. The fraction of sp³-hybridized carbons (Fsp3) is 0.556. The number of fused-ring (bicyclic) bond motifs is 1. The highest BCUT2D eigenvalue weighted by molar-refractivity contribution is 5.73. The van der Waals surface area contributed by atoms with Crippen molar-refractivity contribution in [2.24, 2.45) is 11.8 Å². The van der Waals surface area contributed by atoms with Gasteiger partial charge in [0.05, 0.1) is 22.9 Å². The van der Waals surface area contributed by atoms with E-state index in [1.54, 1.807) is 0 Å². The first-order valence-electron chi connectivity index (χ1n) is 8.18. The maximum atomic E-state index is 4.70. The van der Waals surface area contributed by atoms with E-state index in [1.807, 2.05) is 30.5 Å². The summed E-state index contributed by atoms with van der Waals surface area (Å²) in [5, 5.41) is 3.73. The van der Waals surface area contributed by atoms with Crippen molar-refractivity contribution in [2.75, 3.05) is 0 Å². The molecule has 0 spiro atoms. The van der Waals surface area contributed by atoms with Gasteiger partial charge < -0.3 is 5.32 Å². The van der Waals surface area contributed by atoms with Crippen molar-refractivity contribution in [1.29, 1.82) is 0 Å². The fourth-order valence-electron chi connectivity index (χ4n) is 3.53. The molecule has 3 nitrogen and oxygen atoms in total. The zero-order valence-electron chi connectivity index (χ0n) is 13.0. The van der Waals surface area contributed by atoms with Crippen molar-refractivity contribution in [2.45, 2.75) is 52.1 Å². The van der Waals surface area contributed by atoms with Crippen LogP contribution in [0.1, 0.15) is 45.2 Å². The molecule has 2 unspecified atom stereocenters. The Balaban J connectivity index is 1.67. The van der Waals surface area contributed by atoms with Gasteiger partial charge in [-0.15, -0.1) is 0 Å². The Labute approximate surface area is 127 Å². The number of aromatic nitrogens is 2. The van der Waals surface area contributed by atoms with E-state index in [9.17, 15) is 0 Å². The number of hydrogen-bond acceptors (Lipinski definition) is 3. The minimum absolute atomic E-state index is 0.632. The van der Waals surface area contributed by atoms with Crippen LogP contribution in [0.3, 0.4) is 0 Å². The van der Waals surface area contributed by atoms with Crippen LogP contribution in [-0.2, 0) is 6.54 Å². The zero-order valence-corrected chi connectivity index (χ0v) is 13.0. The van der Waals surface area contributed by atoms with E-state index in [-0.39, 0.29) is 0 Å². The first-order valence-corrected chi connectivity index (χ1v) is 8.18. The Morgan fingerprint density at radius 2 is 1.90 bits per heavy atom. The molecule has 1 aromatic heterocycles. The van der Waals surface area contributed by atoms with Gasteiger partial charge in [0.15, 0.2) is 0 Å². The van der Waals surface area contributed by atoms with Crippen LogP contribution in [0, 0.1) is 11.8 Å². The van der Waals surface area contributed by atoms with Gasteiger partial charge in [-0.1, -0.05) is 38.8 Å². The topological polar surface area (TPSA) is 37.8 Å². The molecule has 2 aromatic rings. The molecule has 0 saturated heterocycles. The van der Waals surface area contributed by atoms with E-state index in [0.717, 1.165) is 35.1 Å². The third kappa shape index (κ3) is 3.41. The molecule has 112 valence electrons. The van der Waals surface area contributed by atoms with Gasteiger partial charge in [-0.25, -0.2) is 4.98 Å². The monoisotopic (exact) mass is 283 g/mol. The summed E-state index contributed by atoms with van der Waals surface area (Å²) in [6, 6.07) is 8.69. The molecule has 0 radical (unpaired) electrons. The Kier molecular flexibility index (Phi) is 4.49. The highest BCUT2D eigenvalue weighted by atomic mass is 15.0. The van der Waals surface area contributed by atoms with Gasteiger partial charge in [0.2, 0.25) is 0 Å². The highest BCUT2D eigenvalue weighted by Crippen LogP contribution is 2.30. The summed E-state index contributed by atoms with van der Waals surface area (Å²) in [6.45, 7) is 5.52. The van der Waals surface area contributed by atoms with Gasteiger partial charge in [-0.2, -0.15) is 0 Å². The lowest BCUT2D eigenvalue weighted by molar-refractivity contribution is 0.204. The number of nitrogens with zero attached hydrogens (tertiary/aromatic N) is 2.